The van der Waals surface area contributed by atoms with Gasteiger partial charge in [0.25, 0.3) is 5.91 Å². The second-order valence-electron chi connectivity index (χ2n) is 8.26. The van der Waals surface area contributed by atoms with Crippen molar-refractivity contribution in [2.75, 3.05) is 37.7 Å². The minimum absolute atomic E-state index is 0.103. The fraction of sp³-hybridized carbons (Fsp3) is 0.480. The van der Waals surface area contributed by atoms with Crippen molar-refractivity contribution in [1.29, 1.82) is 0 Å². The molecule has 1 amide bonds. The lowest BCUT2D eigenvalue weighted by Crippen LogP contribution is -2.59. The van der Waals surface area contributed by atoms with E-state index in [1.807, 2.05) is 47.4 Å². The molecule has 1 spiro atoms. The summed E-state index contributed by atoms with van der Waals surface area (Å²) < 4.78 is 12.2. The molecule has 2 aromatic carbocycles. The minimum atomic E-state index is -0.760. The Hall–Kier alpha value is -2.37. The summed E-state index contributed by atoms with van der Waals surface area (Å²) in [4.78, 5) is 18.0. The van der Waals surface area contributed by atoms with Crippen LogP contribution in [0.3, 0.4) is 0 Å². The first-order valence-electron chi connectivity index (χ1n) is 11.2. The molecule has 5 heteroatoms. The zero-order valence-electron chi connectivity index (χ0n) is 17.9. The highest BCUT2D eigenvalue weighted by molar-refractivity contribution is 6.00. The van der Waals surface area contributed by atoms with Crippen molar-refractivity contribution in [3.05, 3.63) is 60.2 Å². The molecule has 1 unspecified atom stereocenters. The Bertz CT molecular complexity index is 841. The summed E-state index contributed by atoms with van der Waals surface area (Å²) in [6, 6.07) is 18.2. The number of hydrogen-bond acceptors (Lipinski definition) is 4. The standard InChI is InChI=1S/C25H32N2O3/c1-2-17-29-23-13-7-6-10-21(23)19-26-16-18-30-25(20-26)14-8-9-15-27(24(25)28)22-11-4-3-5-12-22/h3-7,10-13H,2,8-9,14-20H2,1H3. The van der Waals surface area contributed by atoms with Crippen LogP contribution in [0.25, 0.3) is 0 Å². The van der Waals surface area contributed by atoms with Gasteiger partial charge in [0.1, 0.15) is 5.75 Å². The first-order chi connectivity index (χ1) is 14.7. The summed E-state index contributed by atoms with van der Waals surface area (Å²) in [5.41, 5.74) is 1.37. The van der Waals surface area contributed by atoms with Crippen LogP contribution in [0.4, 0.5) is 5.69 Å². The third kappa shape index (κ3) is 4.52. The van der Waals surface area contributed by atoms with E-state index in [2.05, 4.69) is 24.0 Å². The van der Waals surface area contributed by atoms with Crippen LogP contribution in [0, 0.1) is 0 Å². The van der Waals surface area contributed by atoms with E-state index in [1.54, 1.807) is 0 Å². The number of carbonyl (C=O) groups excluding carboxylic acids is 1. The maximum absolute atomic E-state index is 13.7. The van der Waals surface area contributed by atoms with E-state index in [4.69, 9.17) is 9.47 Å². The topological polar surface area (TPSA) is 42.0 Å². The van der Waals surface area contributed by atoms with Gasteiger partial charge in [-0.25, -0.2) is 0 Å². The lowest BCUT2D eigenvalue weighted by atomic mass is 9.93. The number of morpholine rings is 1. The highest BCUT2D eigenvalue weighted by atomic mass is 16.5. The van der Waals surface area contributed by atoms with Crippen molar-refractivity contribution < 1.29 is 14.3 Å². The first-order valence-corrected chi connectivity index (χ1v) is 11.2. The molecule has 5 nitrogen and oxygen atoms in total. The summed E-state index contributed by atoms with van der Waals surface area (Å²) >= 11 is 0. The van der Waals surface area contributed by atoms with Gasteiger partial charge >= 0.3 is 0 Å². The van der Waals surface area contributed by atoms with E-state index < -0.39 is 5.60 Å². The Morgan fingerprint density at radius 1 is 1.03 bits per heavy atom. The molecule has 2 aliphatic rings. The van der Waals surface area contributed by atoms with Crippen LogP contribution in [0.1, 0.15) is 38.2 Å². The van der Waals surface area contributed by atoms with Crippen molar-refractivity contribution >= 4 is 11.6 Å². The van der Waals surface area contributed by atoms with Gasteiger partial charge in [-0.15, -0.1) is 0 Å². The van der Waals surface area contributed by atoms with E-state index in [1.165, 1.54) is 5.56 Å². The summed E-state index contributed by atoms with van der Waals surface area (Å²) in [6.45, 7) is 6.37. The number of nitrogens with zero attached hydrogens (tertiary/aromatic N) is 2. The zero-order chi connectivity index (χ0) is 20.8. The van der Waals surface area contributed by atoms with Crippen LogP contribution in [0.5, 0.6) is 5.75 Å². The third-order valence-electron chi connectivity index (χ3n) is 6.01. The van der Waals surface area contributed by atoms with E-state index in [-0.39, 0.29) is 5.91 Å². The fourth-order valence-electron chi connectivity index (χ4n) is 4.49. The molecule has 0 bridgehead atoms. The highest BCUT2D eigenvalue weighted by Crippen LogP contribution is 2.33. The molecule has 0 radical (unpaired) electrons. The number of rotatable bonds is 6. The molecule has 0 N–H and O–H groups in total. The number of benzene rings is 2. The Labute approximate surface area is 179 Å². The number of hydrogen-bond donors (Lipinski definition) is 0. The second-order valence-corrected chi connectivity index (χ2v) is 8.26. The first kappa shape index (κ1) is 20.9. The van der Waals surface area contributed by atoms with Crippen LogP contribution < -0.4 is 9.64 Å². The quantitative estimate of drug-likeness (QED) is 0.716. The number of carbonyl (C=O) groups is 1. The van der Waals surface area contributed by atoms with Crippen LogP contribution in [-0.2, 0) is 16.1 Å². The van der Waals surface area contributed by atoms with Gasteiger partial charge in [-0.1, -0.05) is 43.3 Å². The molecule has 160 valence electrons. The molecule has 0 aliphatic carbocycles. The molecule has 2 aliphatic heterocycles. The average molecular weight is 409 g/mol. The molecular weight excluding hydrogens is 376 g/mol. The molecule has 2 aromatic rings. The Balaban J connectivity index is 1.53. The van der Waals surface area contributed by atoms with E-state index >= 15 is 0 Å². The predicted molar refractivity (Wildman–Crippen MR) is 119 cm³/mol. The Kier molecular flexibility index (Phi) is 6.70. The maximum Gasteiger partial charge on any atom is 0.260 e. The molecule has 0 aromatic heterocycles. The Morgan fingerprint density at radius 3 is 2.67 bits per heavy atom. The third-order valence-corrected chi connectivity index (χ3v) is 6.01. The van der Waals surface area contributed by atoms with Crippen LogP contribution >= 0.6 is 0 Å². The summed E-state index contributed by atoms with van der Waals surface area (Å²) in [5, 5.41) is 0. The summed E-state index contributed by atoms with van der Waals surface area (Å²) in [7, 11) is 0. The van der Waals surface area contributed by atoms with Crippen molar-refractivity contribution in [2.45, 2.75) is 44.8 Å². The molecular formula is C25H32N2O3. The molecule has 1 atom stereocenters. The summed E-state index contributed by atoms with van der Waals surface area (Å²) in [5.74, 6) is 1.05. The normalized spacial score (nSPS) is 22.8. The minimum Gasteiger partial charge on any atom is -0.493 e. The molecule has 2 saturated heterocycles. The molecule has 2 heterocycles. The van der Waals surface area contributed by atoms with Crippen molar-refractivity contribution in [3.8, 4) is 5.75 Å². The molecule has 0 saturated carbocycles. The van der Waals surface area contributed by atoms with Crippen molar-refractivity contribution in [1.82, 2.24) is 4.90 Å². The monoisotopic (exact) mass is 408 g/mol. The van der Waals surface area contributed by atoms with E-state index in [0.717, 1.165) is 56.8 Å². The van der Waals surface area contributed by atoms with Crippen molar-refractivity contribution in [3.63, 3.8) is 0 Å². The Morgan fingerprint density at radius 2 is 1.83 bits per heavy atom. The van der Waals surface area contributed by atoms with E-state index in [0.29, 0.717) is 19.8 Å². The second kappa shape index (κ2) is 9.63. The van der Waals surface area contributed by atoms with Crippen molar-refractivity contribution in [2.24, 2.45) is 0 Å². The number of ether oxygens (including phenoxy) is 2. The predicted octanol–water partition coefficient (Wildman–Crippen LogP) is 4.26. The SMILES string of the molecule is CCCOc1ccccc1CN1CCOC2(CCCCN(c3ccccc3)C2=O)C1. The summed E-state index contributed by atoms with van der Waals surface area (Å²) in [6.07, 6.45) is 3.76. The van der Waals surface area contributed by atoms with Gasteiger partial charge in [0.05, 0.1) is 13.2 Å². The lowest BCUT2D eigenvalue weighted by molar-refractivity contribution is -0.158. The van der Waals surface area contributed by atoms with Crippen LogP contribution in [0.2, 0.25) is 0 Å². The van der Waals surface area contributed by atoms with Gasteiger partial charge in [0, 0.05) is 37.4 Å². The van der Waals surface area contributed by atoms with Gasteiger partial charge in [-0.05, 0) is 43.9 Å². The van der Waals surface area contributed by atoms with Crippen LogP contribution in [-0.4, -0.2) is 49.3 Å². The van der Waals surface area contributed by atoms with E-state index in [9.17, 15) is 4.79 Å². The average Bonchev–Trinajstić information content (AvgIpc) is 2.93. The van der Waals surface area contributed by atoms with Gasteiger partial charge < -0.3 is 14.4 Å². The lowest BCUT2D eigenvalue weighted by Gasteiger charge is -2.42. The van der Waals surface area contributed by atoms with Gasteiger partial charge in [-0.3, -0.25) is 9.69 Å². The smallest absolute Gasteiger partial charge is 0.260 e. The maximum atomic E-state index is 13.7. The highest BCUT2D eigenvalue weighted by Gasteiger charge is 2.47. The molecule has 4 rings (SSSR count). The van der Waals surface area contributed by atoms with Gasteiger partial charge in [-0.2, -0.15) is 0 Å². The fourth-order valence-corrected chi connectivity index (χ4v) is 4.49. The number of amides is 1. The number of para-hydroxylation sites is 2. The van der Waals surface area contributed by atoms with Crippen LogP contribution in [0.15, 0.2) is 54.6 Å². The zero-order valence-corrected chi connectivity index (χ0v) is 17.9. The van der Waals surface area contributed by atoms with Gasteiger partial charge in [0.15, 0.2) is 5.60 Å². The van der Waals surface area contributed by atoms with Gasteiger partial charge in [0.2, 0.25) is 0 Å². The number of anilines is 1. The molecule has 2 fully saturated rings. The largest absolute Gasteiger partial charge is 0.493 e. The molecule has 30 heavy (non-hydrogen) atoms.